The number of pyridine rings is 1. The largest absolute Gasteiger partial charge is 0.405 e. The summed E-state index contributed by atoms with van der Waals surface area (Å²) >= 11 is 0.780. The van der Waals surface area contributed by atoms with E-state index in [-0.39, 0.29) is 28.2 Å². The van der Waals surface area contributed by atoms with Crippen LogP contribution in [-0.4, -0.2) is 59.1 Å². The lowest BCUT2D eigenvalue weighted by molar-refractivity contribution is -0.135. The molecule has 14 heteroatoms. The van der Waals surface area contributed by atoms with E-state index < -0.39 is 29.8 Å². The van der Waals surface area contributed by atoms with Gasteiger partial charge in [-0.15, -0.1) is 11.3 Å². The molecule has 0 radical (unpaired) electrons. The van der Waals surface area contributed by atoms with Crippen LogP contribution >= 0.6 is 11.3 Å². The highest BCUT2D eigenvalue weighted by Gasteiger charge is 2.28. The molecule has 3 N–H and O–H groups in total. The molecule has 0 spiro atoms. The smallest absolute Gasteiger partial charge is 0.345 e. The first kappa shape index (κ1) is 30.5. The monoisotopic (exact) mass is 553 g/mol. The van der Waals surface area contributed by atoms with E-state index in [9.17, 15) is 32.8 Å². The van der Waals surface area contributed by atoms with Gasteiger partial charge >= 0.3 is 6.18 Å². The minimum absolute atomic E-state index is 0.0664. The first-order valence-corrected chi connectivity index (χ1v) is 12.6. The molecule has 38 heavy (non-hydrogen) atoms. The second-order valence-electron chi connectivity index (χ2n) is 8.77. The second kappa shape index (κ2) is 13.7. The molecule has 0 aliphatic carbocycles. The molecular formula is C24H30F3N7O3S. The Hall–Kier alpha value is -3.70. The van der Waals surface area contributed by atoms with Crippen molar-refractivity contribution < 1.29 is 22.8 Å². The number of nitrogens with zero attached hydrogens (tertiary/aromatic N) is 4. The molecule has 0 aliphatic rings. The molecular weight excluding hydrogens is 523 g/mol. The van der Waals surface area contributed by atoms with Crippen LogP contribution in [0.25, 0.3) is 11.8 Å². The fraction of sp³-hybridized carbons (Fsp3) is 0.458. The number of alkyl halides is 3. The van der Waals surface area contributed by atoms with Crippen molar-refractivity contribution in [1.29, 1.82) is 5.26 Å². The van der Waals surface area contributed by atoms with Crippen molar-refractivity contribution in [3.63, 3.8) is 0 Å². The summed E-state index contributed by atoms with van der Waals surface area (Å²) in [6, 6.07) is 6.46. The van der Waals surface area contributed by atoms with E-state index in [0.717, 1.165) is 28.9 Å². The highest BCUT2D eigenvalue weighted by Crippen LogP contribution is 2.12. The Morgan fingerprint density at radius 1 is 1.29 bits per heavy atom. The number of amides is 2. The van der Waals surface area contributed by atoms with E-state index in [0.29, 0.717) is 17.6 Å². The summed E-state index contributed by atoms with van der Waals surface area (Å²) < 4.78 is 38.6. The van der Waals surface area contributed by atoms with Crippen LogP contribution < -0.4 is 30.7 Å². The van der Waals surface area contributed by atoms with Gasteiger partial charge in [0.25, 0.3) is 11.5 Å². The lowest BCUT2D eigenvalue weighted by Crippen LogP contribution is -2.37. The van der Waals surface area contributed by atoms with Crippen LogP contribution in [0.5, 0.6) is 0 Å². The molecule has 206 valence electrons. The lowest BCUT2D eigenvalue weighted by atomic mass is 10.1. The van der Waals surface area contributed by atoms with Gasteiger partial charge in [0.05, 0.1) is 6.54 Å². The fourth-order valence-electron chi connectivity index (χ4n) is 3.17. The van der Waals surface area contributed by atoms with Crippen molar-refractivity contribution in [1.82, 2.24) is 19.8 Å². The zero-order valence-corrected chi connectivity index (χ0v) is 22.3. The first-order valence-electron chi connectivity index (χ1n) is 11.8. The molecule has 2 rings (SSSR count). The lowest BCUT2D eigenvalue weighted by Gasteiger charge is -2.17. The Labute approximate surface area is 221 Å². The van der Waals surface area contributed by atoms with Crippen LogP contribution in [-0.2, 0) is 16.1 Å². The van der Waals surface area contributed by atoms with Crippen LogP contribution in [0.15, 0.2) is 23.0 Å². The van der Waals surface area contributed by atoms with Crippen LogP contribution in [0, 0.1) is 17.2 Å². The molecule has 2 aromatic heterocycles. The number of hydrogen-bond donors (Lipinski definition) is 3. The Morgan fingerprint density at radius 3 is 2.58 bits per heavy atom. The van der Waals surface area contributed by atoms with E-state index in [1.54, 1.807) is 36.5 Å². The van der Waals surface area contributed by atoms with Crippen LogP contribution in [0.3, 0.4) is 0 Å². The molecule has 0 bridgehead atoms. The highest BCUT2D eigenvalue weighted by molar-refractivity contribution is 7.07. The Balaban J connectivity index is 2.24. The molecule has 0 aromatic carbocycles. The van der Waals surface area contributed by atoms with E-state index in [1.165, 1.54) is 6.20 Å². The summed E-state index contributed by atoms with van der Waals surface area (Å²) in [5.74, 6) is -0.335. The van der Waals surface area contributed by atoms with Crippen molar-refractivity contribution in [3.05, 3.63) is 37.7 Å². The number of anilines is 2. The molecule has 0 aliphatic heterocycles. The third-order valence-electron chi connectivity index (χ3n) is 5.10. The van der Waals surface area contributed by atoms with Gasteiger partial charge in [-0.1, -0.05) is 19.9 Å². The van der Waals surface area contributed by atoms with Gasteiger partial charge in [0.2, 0.25) is 5.91 Å². The fourth-order valence-corrected chi connectivity index (χ4v) is 4.25. The van der Waals surface area contributed by atoms with Gasteiger partial charge < -0.3 is 16.0 Å². The van der Waals surface area contributed by atoms with E-state index in [4.69, 9.17) is 0 Å². The van der Waals surface area contributed by atoms with Crippen LogP contribution in [0.4, 0.5) is 24.8 Å². The number of carbonyl (C=O) groups excluding carboxylic acids is 2. The molecule has 0 unspecified atom stereocenters. The quantitative estimate of drug-likeness (QED) is 0.384. The SMILES string of the molecule is CCn1c(=C(C#N)C(=O)NCC(F)(F)F)sc(=CNc2cccc(NC(=O)CN(C)CCC(C)C)n2)c1=O. The normalized spacial score (nSPS) is 12.9. The number of likely N-dealkylation sites (N-methyl/N-ethyl adjacent to an activating group) is 1. The molecule has 0 saturated heterocycles. The van der Waals surface area contributed by atoms with Crippen LogP contribution in [0.1, 0.15) is 27.2 Å². The average molecular weight is 554 g/mol. The van der Waals surface area contributed by atoms with Gasteiger partial charge in [-0.2, -0.15) is 18.4 Å². The molecule has 2 amide bonds. The first-order chi connectivity index (χ1) is 17.8. The molecule has 2 heterocycles. The zero-order chi connectivity index (χ0) is 28.5. The maximum atomic E-state index is 12.8. The topological polar surface area (TPSA) is 132 Å². The van der Waals surface area contributed by atoms with Gasteiger partial charge in [-0.05, 0) is 45.0 Å². The Bertz CT molecular complexity index is 1360. The molecule has 2 aromatic rings. The highest BCUT2D eigenvalue weighted by atomic mass is 32.1. The number of nitriles is 1. The number of rotatable bonds is 11. The van der Waals surface area contributed by atoms with Crippen LogP contribution in [0.2, 0.25) is 0 Å². The number of thiazole rings is 1. The standard InChI is InChI=1S/C24H30F3N7O3S/c1-5-34-22(37)17(38-23(34)16(11-28)21(36)30-14-24(25,26)27)12-29-18-7-6-8-19(31-18)32-20(35)13-33(4)10-9-15(2)3/h6-8,12,15H,5,9-10,13-14H2,1-4H3,(H,30,36)(H2,29,31,32,35). The van der Waals surface area contributed by atoms with Crippen molar-refractivity contribution in [3.8, 4) is 6.07 Å². The Kier molecular flexibility index (Phi) is 11.0. The van der Waals surface area contributed by atoms with E-state index >= 15 is 0 Å². The molecule has 0 atom stereocenters. The Morgan fingerprint density at radius 2 is 1.97 bits per heavy atom. The minimum Gasteiger partial charge on any atom is -0.345 e. The van der Waals surface area contributed by atoms with Crippen molar-refractivity contribution >= 4 is 46.6 Å². The molecule has 0 saturated carbocycles. The summed E-state index contributed by atoms with van der Waals surface area (Å²) in [6.07, 6.45) is -2.37. The summed E-state index contributed by atoms with van der Waals surface area (Å²) in [7, 11) is 1.86. The third kappa shape index (κ3) is 9.31. The van der Waals surface area contributed by atoms with E-state index in [1.807, 2.05) is 11.9 Å². The zero-order valence-electron chi connectivity index (χ0n) is 21.5. The van der Waals surface area contributed by atoms with Gasteiger partial charge in [0.15, 0.2) is 5.57 Å². The van der Waals surface area contributed by atoms with Crippen molar-refractivity contribution in [2.75, 3.05) is 37.3 Å². The van der Waals surface area contributed by atoms with Crippen molar-refractivity contribution in [2.45, 2.75) is 39.9 Å². The van der Waals surface area contributed by atoms with Crippen molar-refractivity contribution in [2.24, 2.45) is 5.92 Å². The average Bonchev–Trinajstić information content (AvgIpc) is 3.15. The van der Waals surface area contributed by atoms with Gasteiger partial charge in [-0.3, -0.25) is 23.9 Å². The number of hydrogen-bond acceptors (Lipinski definition) is 8. The molecule has 0 fully saturated rings. The molecule has 10 nitrogen and oxygen atoms in total. The van der Waals surface area contributed by atoms with Gasteiger partial charge in [0, 0.05) is 12.7 Å². The third-order valence-corrected chi connectivity index (χ3v) is 6.23. The number of halogens is 3. The van der Waals surface area contributed by atoms with Gasteiger partial charge in [-0.25, -0.2) is 4.98 Å². The minimum atomic E-state index is -4.65. The number of carbonyl (C=O) groups is 2. The summed E-state index contributed by atoms with van der Waals surface area (Å²) in [4.78, 5) is 43.5. The maximum Gasteiger partial charge on any atom is 0.405 e. The predicted molar refractivity (Wildman–Crippen MR) is 139 cm³/mol. The van der Waals surface area contributed by atoms with Gasteiger partial charge in [0.1, 0.15) is 33.4 Å². The number of nitrogens with one attached hydrogen (secondary N) is 3. The number of aromatic nitrogens is 2. The second-order valence-corrected chi connectivity index (χ2v) is 9.80. The summed E-state index contributed by atoms with van der Waals surface area (Å²) in [6.45, 7) is 5.28. The summed E-state index contributed by atoms with van der Waals surface area (Å²) in [5, 5.41) is 16.6. The predicted octanol–water partition coefficient (Wildman–Crippen LogP) is 1.44. The maximum absolute atomic E-state index is 12.8. The van der Waals surface area contributed by atoms with E-state index in [2.05, 4.69) is 29.5 Å². The summed E-state index contributed by atoms with van der Waals surface area (Å²) in [5.41, 5.74) is -1.13.